The number of rotatable bonds is 12. The monoisotopic (exact) mass is 342 g/mol. The Balaban J connectivity index is 2.05. The van der Waals surface area contributed by atoms with Gasteiger partial charge in [-0.1, -0.05) is 13.8 Å². The second-order valence-electron chi connectivity index (χ2n) is 6.42. The Labute approximate surface area is 148 Å². The van der Waals surface area contributed by atoms with Crippen LogP contribution in [-0.2, 0) is 9.47 Å². The predicted molar refractivity (Wildman–Crippen MR) is 101 cm³/mol. The molecule has 1 fully saturated rings. The van der Waals surface area contributed by atoms with Gasteiger partial charge in [0.1, 0.15) is 0 Å². The minimum atomic E-state index is 0.299. The van der Waals surface area contributed by atoms with E-state index in [1.807, 2.05) is 7.05 Å². The molecule has 2 atom stereocenters. The van der Waals surface area contributed by atoms with Crippen molar-refractivity contribution in [2.45, 2.75) is 58.6 Å². The molecule has 0 aromatic heterocycles. The highest BCUT2D eigenvalue weighted by Crippen LogP contribution is 2.11. The van der Waals surface area contributed by atoms with E-state index in [2.05, 4.69) is 41.3 Å². The van der Waals surface area contributed by atoms with Crippen LogP contribution >= 0.6 is 0 Å². The number of nitrogens with one attached hydrogen (secondary N) is 2. The lowest BCUT2D eigenvalue weighted by Crippen LogP contribution is -2.43. The first-order valence-electron chi connectivity index (χ1n) is 9.58. The van der Waals surface area contributed by atoms with Crippen LogP contribution < -0.4 is 10.6 Å². The van der Waals surface area contributed by atoms with Crippen LogP contribution in [0.5, 0.6) is 0 Å². The molecule has 0 saturated carbocycles. The quantitative estimate of drug-likeness (QED) is 0.322. The average molecular weight is 343 g/mol. The number of ether oxygens (including phenoxy) is 2. The SMILES string of the molecule is CCN(CC)CCCC(C)NC(=NC)NCCOCC1CCCO1. The lowest BCUT2D eigenvalue weighted by molar-refractivity contribution is 0.0191. The van der Waals surface area contributed by atoms with Crippen molar-refractivity contribution in [1.29, 1.82) is 0 Å². The van der Waals surface area contributed by atoms with Crippen LogP contribution in [0.3, 0.4) is 0 Å². The van der Waals surface area contributed by atoms with Gasteiger partial charge in [0.2, 0.25) is 0 Å². The van der Waals surface area contributed by atoms with Gasteiger partial charge in [0.25, 0.3) is 0 Å². The molecule has 0 aliphatic carbocycles. The molecule has 1 heterocycles. The van der Waals surface area contributed by atoms with E-state index in [0.29, 0.717) is 25.4 Å². The van der Waals surface area contributed by atoms with Gasteiger partial charge in [-0.2, -0.15) is 0 Å². The van der Waals surface area contributed by atoms with Gasteiger partial charge in [-0.15, -0.1) is 0 Å². The molecule has 6 nitrogen and oxygen atoms in total. The van der Waals surface area contributed by atoms with E-state index in [1.54, 1.807) is 0 Å². The molecule has 0 bridgehead atoms. The van der Waals surface area contributed by atoms with E-state index in [-0.39, 0.29) is 0 Å². The van der Waals surface area contributed by atoms with E-state index in [1.165, 1.54) is 13.0 Å². The third-order valence-electron chi connectivity index (χ3n) is 4.48. The molecule has 6 heteroatoms. The first-order valence-corrected chi connectivity index (χ1v) is 9.58. The normalized spacial score (nSPS) is 19.7. The molecule has 2 unspecified atom stereocenters. The zero-order valence-corrected chi connectivity index (χ0v) is 16.1. The average Bonchev–Trinajstić information content (AvgIpc) is 3.10. The number of hydrogen-bond acceptors (Lipinski definition) is 4. The zero-order valence-electron chi connectivity index (χ0n) is 16.1. The predicted octanol–water partition coefficient (Wildman–Crippen LogP) is 1.86. The fraction of sp³-hybridized carbons (Fsp3) is 0.944. The number of guanidine groups is 1. The Morgan fingerprint density at radius 2 is 2.17 bits per heavy atom. The Hall–Kier alpha value is -0.850. The summed E-state index contributed by atoms with van der Waals surface area (Å²) in [6.45, 7) is 13.1. The van der Waals surface area contributed by atoms with Gasteiger partial charge in [0, 0.05) is 26.2 Å². The number of hydrogen-bond donors (Lipinski definition) is 2. The molecular formula is C18H38N4O2. The van der Waals surface area contributed by atoms with E-state index in [9.17, 15) is 0 Å². The lowest BCUT2D eigenvalue weighted by atomic mass is 10.2. The Kier molecular flexibility index (Phi) is 11.9. The van der Waals surface area contributed by atoms with Gasteiger partial charge in [-0.25, -0.2) is 0 Å². The fourth-order valence-corrected chi connectivity index (χ4v) is 2.89. The third kappa shape index (κ3) is 9.45. The summed E-state index contributed by atoms with van der Waals surface area (Å²) in [7, 11) is 1.81. The lowest BCUT2D eigenvalue weighted by Gasteiger charge is -2.21. The largest absolute Gasteiger partial charge is 0.377 e. The minimum Gasteiger partial charge on any atom is -0.377 e. The molecule has 1 aliphatic heterocycles. The van der Waals surface area contributed by atoms with Gasteiger partial charge >= 0.3 is 0 Å². The summed E-state index contributed by atoms with van der Waals surface area (Å²) in [6, 6.07) is 0.416. The third-order valence-corrected chi connectivity index (χ3v) is 4.48. The van der Waals surface area contributed by atoms with Crippen molar-refractivity contribution in [3.63, 3.8) is 0 Å². The summed E-state index contributed by atoms with van der Waals surface area (Å²) < 4.78 is 11.2. The van der Waals surface area contributed by atoms with Crippen LogP contribution in [0.2, 0.25) is 0 Å². The molecule has 0 aromatic carbocycles. The first-order chi connectivity index (χ1) is 11.7. The second kappa shape index (κ2) is 13.4. The molecule has 1 aliphatic rings. The second-order valence-corrected chi connectivity index (χ2v) is 6.42. The van der Waals surface area contributed by atoms with Crippen molar-refractivity contribution in [2.24, 2.45) is 4.99 Å². The zero-order chi connectivity index (χ0) is 17.6. The molecule has 0 aromatic rings. The molecule has 24 heavy (non-hydrogen) atoms. The molecule has 0 spiro atoms. The van der Waals surface area contributed by atoms with E-state index in [0.717, 1.165) is 51.5 Å². The van der Waals surface area contributed by atoms with Crippen molar-refractivity contribution in [3.05, 3.63) is 0 Å². The highest BCUT2D eigenvalue weighted by atomic mass is 16.5. The van der Waals surface area contributed by atoms with E-state index < -0.39 is 0 Å². The van der Waals surface area contributed by atoms with Crippen LogP contribution in [0, 0.1) is 0 Å². The molecule has 142 valence electrons. The van der Waals surface area contributed by atoms with Crippen molar-refractivity contribution in [1.82, 2.24) is 15.5 Å². The maximum atomic E-state index is 5.66. The maximum absolute atomic E-state index is 5.66. The van der Waals surface area contributed by atoms with Crippen molar-refractivity contribution in [2.75, 3.05) is 53.0 Å². The Morgan fingerprint density at radius 1 is 1.38 bits per heavy atom. The van der Waals surface area contributed by atoms with Gasteiger partial charge in [-0.05, 0) is 52.2 Å². The standard InChI is InChI=1S/C18H38N4O2/c1-5-22(6-2)12-7-9-16(3)21-18(19-4)20-11-14-23-15-17-10-8-13-24-17/h16-17H,5-15H2,1-4H3,(H2,19,20,21). The molecule has 0 amide bonds. The summed E-state index contributed by atoms with van der Waals surface area (Å²) in [4.78, 5) is 6.75. The summed E-state index contributed by atoms with van der Waals surface area (Å²) in [5.74, 6) is 0.853. The van der Waals surface area contributed by atoms with Crippen molar-refractivity contribution >= 4 is 5.96 Å². The van der Waals surface area contributed by atoms with Crippen molar-refractivity contribution in [3.8, 4) is 0 Å². The highest BCUT2D eigenvalue weighted by molar-refractivity contribution is 5.79. The van der Waals surface area contributed by atoms with Gasteiger partial charge in [0.15, 0.2) is 5.96 Å². The Bertz CT molecular complexity index is 329. The van der Waals surface area contributed by atoms with E-state index in [4.69, 9.17) is 9.47 Å². The van der Waals surface area contributed by atoms with Crippen LogP contribution in [0.15, 0.2) is 4.99 Å². The van der Waals surface area contributed by atoms with Crippen molar-refractivity contribution < 1.29 is 9.47 Å². The van der Waals surface area contributed by atoms with Gasteiger partial charge in [0.05, 0.1) is 19.3 Å². The molecule has 1 rings (SSSR count). The maximum Gasteiger partial charge on any atom is 0.191 e. The summed E-state index contributed by atoms with van der Waals surface area (Å²) >= 11 is 0. The van der Waals surface area contributed by atoms with E-state index >= 15 is 0 Å². The number of nitrogens with zero attached hydrogens (tertiary/aromatic N) is 2. The summed E-state index contributed by atoms with van der Waals surface area (Å²) in [5.41, 5.74) is 0. The number of aliphatic imine (C=N–C) groups is 1. The smallest absolute Gasteiger partial charge is 0.191 e. The van der Waals surface area contributed by atoms with Crippen LogP contribution in [0.25, 0.3) is 0 Å². The molecule has 1 saturated heterocycles. The fourth-order valence-electron chi connectivity index (χ4n) is 2.89. The van der Waals surface area contributed by atoms with Gasteiger partial charge < -0.3 is 25.0 Å². The van der Waals surface area contributed by atoms with Gasteiger partial charge in [-0.3, -0.25) is 4.99 Å². The highest BCUT2D eigenvalue weighted by Gasteiger charge is 2.15. The van der Waals surface area contributed by atoms with Crippen LogP contribution in [0.4, 0.5) is 0 Å². The Morgan fingerprint density at radius 3 is 2.79 bits per heavy atom. The first kappa shape index (κ1) is 21.2. The summed E-state index contributed by atoms with van der Waals surface area (Å²) in [6.07, 6.45) is 4.94. The topological polar surface area (TPSA) is 58.1 Å². The van der Waals surface area contributed by atoms with Crippen LogP contribution in [-0.4, -0.2) is 76.1 Å². The minimum absolute atomic E-state index is 0.299. The van der Waals surface area contributed by atoms with Crippen LogP contribution in [0.1, 0.15) is 46.5 Å². The summed E-state index contributed by atoms with van der Waals surface area (Å²) in [5, 5.41) is 6.76. The molecule has 2 N–H and O–H groups in total. The molecule has 0 radical (unpaired) electrons. The molecular weight excluding hydrogens is 304 g/mol.